The molecule has 0 spiro atoms. The number of hydrogen-bond donors (Lipinski definition) is 3. The van der Waals surface area contributed by atoms with Crippen LogP contribution in [-0.4, -0.2) is 44.5 Å². The van der Waals surface area contributed by atoms with Gasteiger partial charge in [0.25, 0.3) is 0 Å². The molecule has 1 aliphatic rings. The SMILES string of the molecule is COc1ccc(NC(=O)C(=O)NCC(C)(O)c2ccc3c(c2)OCO3)cc1OC. The fourth-order valence-electron chi connectivity index (χ4n) is 2.77. The van der Waals surface area contributed by atoms with Crippen molar-refractivity contribution < 1.29 is 33.6 Å². The predicted molar refractivity (Wildman–Crippen MR) is 103 cm³/mol. The maximum atomic E-state index is 12.2. The predicted octanol–water partition coefficient (Wildman–Crippen LogP) is 1.39. The average Bonchev–Trinajstić information content (AvgIpc) is 3.19. The first-order valence-electron chi connectivity index (χ1n) is 8.78. The summed E-state index contributed by atoms with van der Waals surface area (Å²) in [5, 5.41) is 15.6. The third-order valence-electron chi connectivity index (χ3n) is 4.44. The molecule has 154 valence electrons. The smallest absolute Gasteiger partial charge is 0.313 e. The Bertz CT molecular complexity index is 927. The lowest BCUT2D eigenvalue weighted by atomic mass is 9.95. The second-order valence-electron chi connectivity index (χ2n) is 6.55. The fourth-order valence-corrected chi connectivity index (χ4v) is 2.77. The molecule has 2 amide bonds. The Kier molecular flexibility index (Phi) is 5.79. The van der Waals surface area contributed by atoms with Crippen molar-refractivity contribution in [2.45, 2.75) is 12.5 Å². The van der Waals surface area contributed by atoms with E-state index in [1.165, 1.54) is 27.2 Å². The molecule has 3 N–H and O–H groups in total. The summed E-state index contributed by atoms with van der Waals surface area (Å²) in [4.78, 5) is 24.3. The molecule has 0 fully saturated rings. The van der Waals surface area contributed by atoms with Crippen molar-refractivity contribution in [3.8, 4) is 23.0 Å². The van der Waals surface area contributed by atoms with Crippen molar-refractivity contribution in [3.05, 3.63) is 42.0 Å². The molecule has 0 aromatic heterocycles. The van der Waals surface area contributed by atoms with E-state index in [0.717, 1.165) is 0 Å². The number of benzene rings is 2. The molecule has 1 heterocycles. The van der Waals surface area contributed by atoms with Gasteiger partial charge in [0.1, 0.15) is 5.60 Å². The van der Waals surface area contributed by atoms with E-state index in [-0.39, 0.29) is 13.3 Å². The minimum atomic E-state index is -1.42. The van der Waals surface area contributed by atoms with E-state index < -0.39 is 17.4 Å². The maximum Gasteiger partial charge on any atom is 0.313 e. The van der Waals surface area contributed by atoms with E-state index in [4.69, 9.17) is 18.9 Å². The van der Waals surface area contributed by atoms with Crippen LogP contribution in [0.3, 0.4) is 0 Å². The number of rotatable bonds is 6. The third-order valence-corrected chi connectivity index (χ3v) is 4.44. The molecule has 29 heavy (non-hydrogen) atoms. The van der Waals surface area contributed by atoms with Crippen molar-refractivity contribution >= 4 is 17.5 Å². The first-order chi connectivity index (χ1) is 13.8. The first-order valence-corrected chi connectivity index (χ1v) is 8.78. The van der Waals surface area contributed by atoms with E-state index in [1.54, 1.807) is 30.3 Å². The molecule has 1 atom stereocenters. The first kappa shape index (κ1) is 20.3. The van der Waals surface area contributed by atoms with E-state index in [1.807, 2.05) is 0 Å². The van der Waals surface area contributed by atoms with Gasteiger partial charge in [0.15, 0.2) is 23.0 Å². The Morgan fingerprint density at radius 1 is 1.03 bits per heavy atom. The molecule has 9 heteroatoms. The molecule has 2 aromatic carbocycles. The lowest BCUT2D eigenvalue weighted by Crippen LogP contribution is -2.43. The molecule has 0 radical (unpaired) electrons. The number of carbonyl (C=O) groups is 2. The van der Waals surface area contributed by atoms with Crippen molar-refractivity contribution in [1.82, 2.24) is 5.32 Å². The third kappa shape index (κ3) is 4.52. The quantitative estimate of drug-likeness (QED) is 0.626. The Balaban J connectivity index is 1.60. The number of methoxy groups -OCH3 is 2. The molecule has 0 aliphatic carbocycles. The van der Waals surface area contributed by atoms with Crippen LogP contribution in [0.1, 0.15) is 12.5 Å². The zero-order chi connectivity index (χ0) is 21.0. The summed E-state index contributed by atoms with van der Waals surface area (Å²) < 4.78 is 20.8. The maximum absolute atomic E-state index is 12.2. The number of amides is 2. The summed E-state index contributed by atoms with van der Waals surface area (Å²) in [6.07, 6.45) is 0. The lowest BCUT2D eigenvalue weighted by Gasteiger charge is -2.24. The van der Waals surface area contributed by atoms with Gasteiger partial charge in [0.05, 0.1) is 20.8 Å². The molecule has 0 saturated carbocycles. The number of aliphatic hydroxyl groups is 1. The summed E-state index contributed by atoms with van der Waals surface area (Å²) in [5.74, 6) is 0.244. The van der Waals surface area contributed by atoms with Gasteiger partial charge in [-0.2, -0.15) is 0 Å². The summed E-state index contributed by atoms with van der Waals surface area (Å²) in [6.45, 7) is 1.47. The monoisotopic (exact) mass is 402 g/mol. The molecule has 0 saturated heterocycles. The van der Waals surface area contributed by atoms with E-state index >= 15 is 0 Å². The molecule has 3 rings (SSSR count). The highest BCUT2D eigenvalue weighted by Crippen LogP contribution is 2.35. The van der Waals surface area contributed by atoms with Gasteiger partial charge >= 0.3 is 11.8 Å². The van der Waals surface area contributed by atoms with Crippen LogP contribution >= 0.6 is 0 Å². The zero-order valence-corrected chi connectivity index (χ0v) is 16.3. The van der Waals surface area contributed by atoms with E-state index in [2.05, 4.69) is 10.6 Å². The van der Waals surface area contributed by atoms with Crippen LogP contribution in [0.15, 0.2) is 36.4 Å². The molecular formula is C20H22N2O7. The van der Waals surface area contributed by atoms with Gasteiger partial charge in [-0.1, -0.05) is 6.07 Å². The second kappa shape index (κ2) is 8.27. The highest BCUT2D eigenvalue weighted by molar-refractivity contribution is 6.39. The summed E-state index contributed by atoms with van der Waals surface area (Å²) >= 11 is 0. The van der Waals surface area contributed by atoms with Gasteiger partial charge in [-0.15, -0.1) is 0 Å². The summed E-state index contributed by atoms with van der Waals surface area (Å²) in [6, 6.07) is 9.71. The number of hydrogen-bond acceptors (Lipinski definition) is 7. The van der Waals surface area contributed by atoms with Crippen molar-refractivity contribution in [1.29, 1.82) is 0 Å². The van der Waals surface area contributed by atoms with Crippen molar-refractivity contribution in [3.63, 3.8) is 0 Å². The van der Waals surface area contributed by atoms with Crippen molar-refractivity contribution in [2.24, 2.45) is 0 Å². The zero-order valence-electron chi connectivity index (χ0n) is 16.3. The van der Waals surface area contributed by atoms with Gasteiger partial charge in [-0.3, -0.25) is 9.59 Å². The molecular weight excluding hydrogens is 380 g/mol. The normalized spacial score (nSPS) is 13.9. The number of nitrogens with one attached hydrogen (secondary N) is 2. The van der Waals surface area contributed by atoms with Crippen LogP contribution in [0.4, 0.5) is 5.69 Å². The van der Waals surface area contributed by atoms with Crippen LogP contribution in [-0.2, 0) is 15.2 Å². The van der Waals surface area contributed by atoms with E-state index in [9.17, 15) is 14.7 Å². The van der Waals surface area contributed by atoms with Crippen molar-refractivity contribution in [2.75, 3.05) is 32.9 Å². The summed E-state index contributed by atoms with van der Waals surface area (Å²) in [5.41, 5.74) is -0.534. The second-order valence-corrected chi connectivity index (χ2v) is 6.55. The van der Waals surface area contributed by atoms with Gasteiger partial charge in [0, 0.05) is 11.8 Å². The minimum absolute atomic E-state index is 0.119. The topological polar surface area (TPSA) is 115 Å². The standard InChI is InChI=1S/C20H22N2O7/c1-20(25,12-4-6-15-17(8-12)29-11-28-15)10-21-18(23)19(24)22-13-5-7-14(26-2)16(9-13)27-3/h4-9,25H,10-11H2,1-3H3,(H,21,23)(H,22,24). The van der Waals surface area contributed by atoms with E-state index in [0.29, 0.717) is 34.2 Å². The van der Waals surface area contributed by atoms with Crippen LogP contribution < -0.4 is 29.6 Å². The Morgan fingerprint density at radius 3 is 2.48 bits per heavy atom. The van der Waals surface area contributed by atoms with Crippen LogP contribution in [0.5, 0.6) is 23.0 Å². The Labute approximate surface area is 167 Å². The van der Waals surface area contributed by atoms with Gasteiger partial charge in [0.2, 0.25) is 6.79 Å². The lowest BCUT2D eigenvalue weighted by molar-refractivity contribution is -0.136. The van der Waals surface area contributed by atoms with Gasteiger partial charge < -0.3 is 34.7 Å². The highest BCUT2D eigenvalue weighted by Gasteiger charge is 2.28. The molecule has 9 nitrogen and oxygen atoms in total. The largest absolute Gasteiger partial charge is 0.493 e. The van der Waals surface area contributed by atoms with Gasteiger partial charge in [-0.05, 0) is 36.8 Å². The minimum Gasteiger partial charge on any atom is -0.493 e. The summed E-state index contributed by atoms with van der Waals surface area (Å²) in [7, 11) is 2.96. The van der Waals surface area contributed by atoms with Crippen LogP contribution in [0.25, 0.3) is 0 Å². The molecule has 1 unspecified atom stereocenters. The number of fused-ring (bicyclic) bond motifs is 1. The molecule has 1 aliphatic heterocycles. The van der Waals surface area contributed by atoms with Crippen LogP contribution in [0.2, 0.25) is 0 Å². The Hall–Kier alpha value is -3.46. The number of carbonyl (C=O) groups excluding carboxylic acids is 2. The molecule has 2 aromatic rings. The fraction of sp³-hybridized carbons (Fsp3) is 0.300. The Morgan fingerprint density at radius 2 is 1.76 bits per heavy atom. The van der Waals surface area contributed by atoms with Gasteiger partial charge in [-0.25, -0.2) is 0 Å². The highest BCUT2D eigenvalue weighted by atomic mass is 16.7. The molecule has 0 bridgehead atoms. The number of ether oxygens (including phenoxy) is 4. The average molecular weight is 402 g/mol. The van der Waals surface area contributed by atoms with Crippen LogP contribution in [0, 0.1) is 0 Å². The number of anilines is 1.